The molecular formula is C20H17FN6. The summed E-state index contributed by atoms with van der Waals surface area (Å²) in [5, 5.41) is 7.45. The summed E-state index contributed by atoms with van der Waals surface area (Å²) in [5.41, 5.74) is 3.06. The van der Waals surface area contributed by atoms with E-state index in [1.807, 2.05) is 48.7 Å². The van der Waals surface area contributed by atoms with Crippen molar-refractivity contribution in [2.75, 3.05) is 11.9 Å². The van der Waals surface area contributed by atoms with Gasteiger partial charge in [-0.25, -0.2) is 18.9 Å². The van der Waals surface area contributed by atoms with E-state index in [1.54, 1.807) is 16.9 Å². The molecule has 134 valence electrons. The van der Waals surface area contributed by atoms with Crippen LogP contribution in [0.5, 0.6) is 0 Å². The lowest BCUT2D eigenvalue weighted by atomic mass is 10.0. The molecule has 0 radical (unpaired) electrons. The van der Waals surface area contributed by atoms with Crippen LogP contribution in [0.4, 0.5) is 10.3 Å². The van der Waals surface area contributed by atoms with Crippen LogP contribution < -0.4 is 5.32 Å². The predicted octanol–water partition coefficient (Wildman–Crippen LogP) is 3.81. The number of halogens is 1. The van der Waals surface area contributed by atoms with Crippen molar-refractivity contribution < 1.29 is 4.39 Å². The molecule has 0 unspecified atom stereocenters. The Morgan fingerprint density at radius 2 is 1.96 bits per heavy atom. The highest BCUT2D eigenvalue weighted by Crippen LogP contribution is 2.28. The van der Waals surface area contributed by atoms with E-state index < -0.39 is 5.67 Å². The zero-order valence-electron chi connectivity index (χ0n) is 14.5. The first-order valence-electron chi connectivity index (χ1n) is 8.85. The molecule has 4 aromatic heterocycles. The molecule has 7 heteroatoms. The molecule has 0 saturated heterocycles. The molecule has 1 aliphatic rings. The molecule has 4 aromatic rings. The number of fused-ring (bicyclic) bond motifs is 2. The van der Waals surface area contributed by atoms with Crippen LogP contribution in [0.1, 0.15) is 12.8 Å². The van der Waals surface area contributed by atoms with Gasteiger partial charge in [-0.3, -0.25) is 4.98 Å². The highest BCUT2D eigenvalue weighted by molar-refractivity contribution is 5.83. The van der Waals surface area contributed by atoms with Gasteiger partial charge in [0, 0.05) is 30.8 Å². The van der Waals surface area contributed by atoms with E-state index in [2.05, 4.69) is 25.4 Å². The summed E-state index contributed by atoms with van der Waals surface area (Å²) in [5.74, 6) is 0.407. The fourth-order valence-electron chi connectivity index (χ4n) is 3.36. The number of aromatic nitrogens is 5. The van der Waals surface area contributed by atoms with Crippen LogP contribution in [0.2, 0.25) is 0 Å². The average molecular weight is 360 g/mol. The van der Waals surface area contributed by atoms with Crippen LogP contribution in [0.25, 0.3) is 27.8 Å². The Kier molecular flexibility index (Phi) is 3.60. The summed E-state index contributed by atoms with van der Waals surface area (Å²) >= 11 is 0. The number of allylic oxidation sites excluding steroid dienone is 2. The zero-order valence-corrected chi connectivity index (χ0v) is 14.5. The number of alkyl halides is 1. The van der Waals surface area contributed by atoms with Crippen LogP contribution in [-0.4, -0.2) is 36.8 Å². The van der Waals surface area contributed by atoms with Crippen molar-refractivity contribution in [1.82, 2.24) is 24.6 Å². The smallest absolute Gasteiger partial charge is 0.241 e. The lowest BCUT2D eigenvalue weighted by Crippen LogP contribution is -2.29. The fourth-order valence-corrected chi connectivity index (χ4v) is 3.36. The van der Waals surface area contributed by atoms with E-state index in [9.17, 15) is 4.39 Å². The summed E-state index contributed by atoms with van der Waals surface area (Å²) in [7, 11) is 0. The molecule has 5 rings (SSSR count). The molecule has 1 aliphatic carbocycles. The highest BCUT2D eigenvalue weighted by atomic mass is 19.1. The molecule has 0 atom stereocenters. The summed E-state index contributed by atoms with van der Waals surface area (Å²) in [4.78, 5) is 13.3. The van der Waals surface area contributed by atoms with E-state index in [4.69, 9.17) is 0 Å². The third kappa shape index (κ3) is 2.91. The van der Waals surface area contributed by atoms with Gasteiger partial charge < -0.3 is 5.32 Å². The van der Waals surface area contributed by atoms with Crippen molar-refractivity contribution in [2.24, 2.45) is 0 Å². The molecule has 1 N–H and O–H groups in total. The number of hydrogen-bond acceptors (Lipinski definition) is 5. The second-order valence-corrected chi connectivity index (χ2v) is 6.76. The molecule has 4 heterocycles. The first-order valence-corrected chi connectivity index (χ1v) is 8.85. The van der Waals surface area contributed by atoms with Crippen molar-refractivity contribution in [3.8, 4) is 11.3 Å². The Hall–Kier alpha value is -3.35. The SMILES string of the molecule is FC1(CNc2ncc3c(-c4ccc5ncccc5n4)ccn3n2)CC=CC1. The normalized spacial score (nSPS) is 15.6. The Balaban J connectivity index is 1.44. The number of anilines is 1. The second kappa shape index (κ2) is 6.12. The Morgan fingerprint density at radius 1 is 1.07 bits per heavy atom. The van der Waals surface area contributed by atoms with E-state index in [0.29, 0.717) is 18.8 Å². The highest BCUT2D eigenvalue weighted by Gasteiger charge is 2.30. The Morgan fingerprint density at radius 3 is 2.85 bits per heavy atom. The molecule has 6 nitrogen and oxygen atoms in total. The lowest BCUT2D eigenvalue weighted by molar-refractivity contribution is 0.198. The van der Waals surface area contributed by atoms with Gasteiger partial charge in [0.25, 0.3) is 0 Å². The minimum Gasteiger partial charge on any atom is -0.350 e. The molecule has 0 amide bonds. The molecule has 0 aliphatic heterocycles. The van der Waals surface area contributed by atoms with E-state index in [-0.39, 0.29) is 6.54 Å². The standard InChI is InChI=1S/C20H17FN6/c21-20(8-1-2-9-20)13-24-19-23-12-18-14(7-11-27(18)26-19)15-5-6-16-17(25-15)4-3-10-22-16/h1-7,10-12H,8-9,13H2,(H,24,26). The predicted molar refractivity (Wildman–Crippen MR) is 102 cm³/mol. The minimum absolute atomic E-state index is 0.193. The van der Waals surface area contributed by atoms with Gasteiger partial charge in [-0.1, -0.05) is 12.2 Å². The third-order valence-corrected chi connectivity index (χ3v) is 4.85. The molecule has 0 aromatic carbocycles. The van der Waals surface area contributed by atoms with Gasteiger partial charge in [0.2, 0.25) is 5.95 Å². The molecule has 0 saturated carbocycles. The number of nitrogens with one attached hydrogen (secondary N) is 1. The fraction of sp³-hybridized carbons (Fsp3) is 0.200. The lowest BCUT2D eigenvalue weighted by Gasteiger charge is -2.19. The van der Waals surface area contributed by atoms with Crippen LogP contribution in [0.15, 0.2) is 61.1 Å². The maximum atomic E-state index is 14.5. The third-order valence-electron chi connectivity index (χ3n) is 4.85. The molecule has 0 fully saturated rings. The molecule has 0 bridgehead atoms. The first kappa shape index (κ1) is 15.9. The van der Waals surface area contributed by atoms with Gasteiger partial charge in [-0.15, -0.1) is 5.10 Å². The maximum Gasteiger partial charge on any atom is 0.241 e. The van der Waals surface area contributed by atoms with Gasteiger partial charge in [-0.2, -0.15) is 0 Å². The second-order valence-electron chi connectivity index (χ2n) is 6.76. The number of hydrogen-bond donors (Lipinski definition) is 1. The van der Waals surface area contributed by atoms with Gasteiger partial charge >= 0.3 is 0 Å². The van der Waals surface area contributed by atoms with Crippen LogP contribution in [-0.2, 0) is 0 Å². The van der Waals surface area contributed by atoms with Crippen molar-refractivity contribution in [3.63, 3.8) is 0 Å². The van der Waals surface area contributed by atoms with Gasteiger partial charge in [0.05, 0.1) is 35.0 Å². The van der Waals surface area contributed by atoms with Crippen LogP contribution >= 0.6 is 0 Å². The Bertz CT molecular complexity index is 1160. The Labute approximate surface area is 154 Å². The molecule has 27 heavy (non-hydrogen) atoms. The van der Waals surface area contributed by atoms with Gasteiger partial charge in [0.1, 0.15) is 5.67 Å². The summed E-state index contributed by atoms with van der Waals surface area (Å²) < 4.78 is 16.2. The van der Waals surface area contributed by atoms with E-state index in [1.165, 1.54) is 0 Å². The number of pyridine rings is 2. The largest absolute Gasteiger partial charge is 0.350 e. The van der Waals surface area contributed by atoms with Gasteiger partial charge in [0.15, 0.2) is 0 Å². The maximum absolute atomic E-state index is 14.5. The first-order chi connectivity index (χ1) is 13.2. The van der Waals surface area contributed by atoms with E-state index in [0.717, 1.165) is 27.8 Å². The number of nitrogens with zero attached hydrogens (tertiary/aromatic N) is 5. The van der Waals surface area contributed by atoms with Crippen molar-refractivity contribution in [2.45, 2.75) is 18.5 Å². The molecular weight excluding hydrogens is 343 g/mol. The molecule has 0 spiro atoms. The van der Waals surface area contributed by atoms with Crippen LogP contribution in [0, 0.1) is 0 Å². The van der Waals surface area contributed by atoms with Crippen LogP contribution in [0.3, 0.4) is 0 Å². The monoisotopic (exact) mass is 360 g/mol. The number of rotatable bonds is 4. The zero-order chi connectivity index (χ0) is 18.3. The minimum atomic E-state index is -1.25. The quantitative estimate of drug-likeness (QED) is 0.561. The van der Waals surface area contributed by atoms with Crippen molar-refractivity contribution in [3.05, 3.63) is 61.1 Å². The summed E-state index contributed by atoms with van der Waals surface area (Å²) in [6.45, 7) is 0.193. The summed E-state index contributed by atoms with van der Waals surface area (Å²) in [6.07, 6.45) is 9.94. The van der Waals surface area contributed by atoms with Gasteiger partial charge in [-0.05, 0) is 30.3 Å². The van der Waals surface area contributed by atoms with Crippen molar-refractivity contribution in [1.29, 1.82) is 0 Å². The topological polar surface area (TPSA) is 68.0 Å². The van der Waals surface area contributed by atoms with E-state index >= 15 is 0 Å². The summed E-state index contributed by atoms with van der Waals surface area (Å²) in [6, 6.07) is 9.66. The average Bonchev–Trinajstić information content (AvgIpc) is 3.32. The van der Waals surface area contributed by atoms with Crippen molar-refractivity contribution >= 4 is 22.5 Å².